The quantitative estimate of drug-likeness (QED) is 0.648. The first kappa shape index (κ1) is 20.9. The molecule has 3 fully saturated rings. The molecule has 1 spiro atoms. The summed E-state index contributed by atoms with van der Waals surface area (Å²) in [6, 6.07) is 8.97. The van der Waals surface area contributed by atoms with E-state index < -0.39 is 6.43 Å². The van der Waals surface area contributed by atoms with Gasteiger partial charge in [-0.2, -0.15) is 0 Å². The van der Waals surface area contributed by atoms with E-state index in [2.05, 4.69) is 23.8 Å². The summed E-state index contributed by atoms with van der Waals surface area (Å²) < 4.78 is 39.2. The minimum absolute atomic E-state index is 0.0222. The Morgan fingerprint density at radius 2 is 1.77 bits per heavy atom. The number of ether oxygens (including phenoxy) is 2. The molecule has 3 aliphatic rings. The standard InChI is InChI=1S/C24H31F2N3O2/c1-16(2)21-11-22(27-29(21)18-5-3-17(4-6-18)23(25)26)31-20-7-9-24(10-8-20)14-28(15-24)19-12-30-13-19/h3-6,11,16,19-20,23H,7-10,12-15H2,1-2H3. The maximum atomic E-state index is 12.9. The molecule has 168 valence electrons. The van der Waals surface area contributed by atoms with Gasteiger partial charge in [-0.25, -0.2) is 13.5 Å². The number of alkyl halides is 2. The first-order valence-electron chi connectivity index (χ1n) is 11.4. The van der Waals surface area contributed by atoms with Gasteiger partial charge in [-0.05, 0) is 49.1 Å². The Hall–Kier alpha value is -1.99. The second-order valence-corrected chi connectivity index (χ2v) is 9.78. The van der Waals surface area contributed by atoms with Gasteiger partial charge in [-0.1, -0.05) is 26.0 Å². The predicted molar refractivity (Wildman–Crippen MR) is 114 cm³/mol. The van der Waals surface area contributed by atoms with Gasteiger partial charge < -0.3 is 9.47 Å². The molecule has 0 N–H and O–H groups in total. The van der Waals surface area contributed by atoms with Crippen LogP contribution in [0, 0.1) is 5.41 Å². The van der Waals surface area contributed by atoms with E-state index in [1.165, 1.54) is 38.1 Å². The summed E-state index contributed by atoms with van der Waals surface area (Å²) in [5.41, 5.74) is 2.29. The summed E-state index contributed by atoms with van der Waals surface area (Å²) in [7, 11) is 0. The van der Waals surface area contributed by atoms with Crippen LogP contribution in [0.1, 0.15) is 63.1 Å². The zero-order valence-electron chi connectivity index (χ0n) is 18.3. The zero-order valence-corrected chi connectivity index (χ0v) is 18.3. The van der Waals surface area contributed by atoms with E-state index in [0.717, 1.165) is 37.4 Å². The van der Waals surface area contributed by atoms with Crippen molar-refractivity contribution in [1.82, 2.24) is 14.7 Å². The van der Waals surface area contributed by atoms with E-state index in [4.69, 9.17) is 9.47 Å². The smallest absolute Gasteiger partial charge is 0.263 e. The molecule has 31 heavy (non-hydrogen) atoms. The topological polar surface area (TPSA) is 39.5 Å². The molecular weight excluding hydrogens is 400 g/mol. The molecule has 3 heterocycles. The van der Waals surface area contributed by atoms with E-state index in [1.807, 2.05) is 10.7 Å². The molecule has 1 aliphatic carbocycles. The lowest BCUT2D eigenvalue weighted by molar-refractivity contribution is -0.144. The SMILES string of the molecule is CC(C)c1cc(OC2CCC3(CC2)CN(C2COC2)C3)nn1-c1ccc(C(F)F)cc1. The summed E-state index contributed by atoms with van der Waals surface area (Å²) >= 11 is 0. The van der Waals surface area contributed by atoms with Crippen LogP contribution in [-0.2, 0) is 4.74 Å². The minimum atomic E-state index is -2.46. The number of benzene rings is 1. The molecular formula is C24H31F2N3O2. The van der Waals surface area contributed by atoms with Gasteiger partial charge >= 0.3 is 0 Å². The van der Waals surface area contributed by atoms with Crippen LogP contribution in [0.4, 0.5) is 8.78 Å². The van der Waals surface area contributed by atoms with Crippen LogP contribution in [0.5, 0.6) is 5.88 Å². The highest BCUT2D eigenvalue weighted by molar-refractivity contribution is 5.38. The second-order valence-electron chi connectivity index (χ2n) is 9.78. The summed E-state index contributed by atoms with van der Waals surface area (Å²) in [6.45, 7) is 8.40. The van der Waals surface area contributed by atoms with Gasteiger partial charge in [0.25, 0.3) is 6.43 Å². The van der Waals surface area contributed by atoms with Gasteiger partial charge in [-0.3, -0.25) is 4.90 Å². The summed E-state index contributed by atoms with van der Waals surface area (Å²) in [6.07, 6.45) is 2.25. The molecule has 0 radical (unpaired) electrons. The highest BCUT2D eigenvalue weighted by atomic mass is 19.3. The van der Waals surface area contributed by atoms with E-state index >= 15 is 0 Å². The van der Waals surface area contributed by atoms with Crippen LogP contribution in [-0.4, -0.2) is 53.1 Å². The Morgan fingerprint density at radius 3 is 2.32 bits per heavy atom. The number of hydrogen-bond acceptors (Lipinski definition) is 4. The first-order valence-corrected chi connectivity index (χ1v) is 11.4. The van der Waals surface area contributed by atoms with Crippen molar-refractivity contribution in [2.45, 2.75) is 64.0 Å². The van der Waals surface area contributed by atoms with Crippen molar-refractivity contribution in [3.63, 3.8) is 0 Å². The molecule has 2 aliphatic heterocycles. The molecule has 2 aromatic rings. The number of likely N-dealkylation sites (tertiary alicyclic amines) is 1. The summed E-state index contributed by atoms with van der Waals surface area (Å²) in [5.74, 6) is 0.870. The Morgan fingerprint density at radius 1 is 1.10 bits per heavy atom. The van der Waals surface area contributed by atoms with E-state index in [9.17, 15) is 8.78 Å². The first-order chi connectivity index (χ1) is 14.9. The number of halogens is 2. The normalized spacial score (nSPS) is 22.1. The van der Waals surface area contributed by atoms with Gasteiger partial charge in [0, 0.05) is 24.7 Å². The van der Waals surface area contributed by atoms with Crippen molar-refractivity contribution in [2.24, 2.45) is 5.41 Å². The van der Waals surface area contributed by atoms with Crippen LogP contribution >= 0.6 is 0 Å². The van der Waals surface area contributed by atoms with Crippen molar-refractivity contribution in [3.05, 3.63) is 41.6 Å². The van der Waals surface area contributed by atoms with Crippen LogP contribution in [0.15, 0.2) is 30.3 Å². The number of hydrogen-bond donors (Lipinski definition) is 0. The molecule has 1 aromatic carbocycles. The van der Waals surface area contributed by atoms with Crippen LogP contribution in [0.3, 0.4) is 0 Å². The largest absolute Gasteiger partial charge is 0.473 e. The van der Waals surface area contributed by atoms with Crippen LogP contribution in [0.25, 0.3) is 5.69 Å². The van der Waals surface area contributed by atoms with Gasteiger partial charge in [0.2, 0.25) is 5.88 Å². The van der Waals surface area contributed by atoms with Crippen molar-refractivity contribution < 1.29 is 18.3 Å². The van der Waals surface area contributed by atoms with Crippen molar-refractivity contribution in [3.8, 4) is 11.6 Å². The molecule has 1 saturated carbocycles. The third-order valence-corrected chi connectivity index (χ3v) is 7.19. The molecule has 0 atom stereocenters. The minimum Gasteiger partial charge on any atom is -0.473 e. The van der Waals surface area contributed by atoms with Gasteiger partial charge in [0.15, 0.2) is 0 Å². The van der Waals surface area contributed by atoms with Crippen molar-refractivity contribution >= 4 is 0 Å². The average Bonchev–Trinajstić information content (AvgIpc) is 3.11. The van der Waals surface area contributed by atoms with Crippen molar-refractivity contribution in [2.75, 3.05) is 26.3 Å². The van der Waals surface area contributed by atoms with Crippen molar-refractivity contribution in [1.29, 1.82) is 0 Å². The van der Waals surface area contributed by atoms with Gasteiger partial charge in [0.1, 0.15) is 6.10 Å². The zero-order chi connectivity index (χ0) is 21.6. The summed E-state index contributed by atoms with van der Waals surface area (Å²) in [5, 5.41) is 4.68. The van der Waals surface area contributed by atoms with Gasteiger partial charge in [0.05, 0.1) is 30.6 Å². The predicted octanol–water partition coefficient (Wildman–Crippen LogP) is 4.96. The Balaban J connectivity index is 1.22. The lowest BCUT2D eigenvalue weighted by Crippen LogP contribution is -2.65. The van der Waals surface area contributed by atoms with E-state index in [-0.39, 0.29) is 17.6 Å². The number of nitrogens with zero attached hydrogens (tertiary/aromatic N) is 3. The maximum absolute atomic E-state index is 12.9. The Bertz CT molecular complexity index is 892. The molecule has 1 aromatic heterocycles. The van der Waals surface area contributed by atoms with Crippen LogP contribution in [0.2, 0.25) is 0 Å². The van der Waals surface area contributed by atoms with E-state index in [1.54, 1.807) is 12.1 Å². The van der Waals surface area contributed by atoms with Crippen LogP contribution < -0.4 is 4.74 Å². The van der Waals surface area contributed by atoms with E-state index in [0.29, 0.717) is 17.3 Å². The fourth-order valence-corrected chi connectivity index (χ4v) is 5.13. The number of rotatable bonds is 6. The maximum Gasteiger partial charge on any atom is 0.263 e. The third kappa shape index (κ3) is 4.10. The molecule has 7 heteroatoms. The fourth-order valence-electron chi connectivity index (χ4n) is 5.13. The molecule has 2 saturated heterocycles. The van der Waals surface area contributed by atoms with Gasteiger partial charge in [-0.15, -0.1) is 5.10 Å². The average molecular weight is 432 g/mol. The molecule has 0 amide bonds. The Labute approximate surface area is 182 Å². The monoisotopic (exact) mass is 431 g/mol. The Kier molecular flexibility index (Phi) is 5.51. The fraction of sp³-hybridized carbons (Fsp3) is 0.625. The lowest BCUT2D eigenvalue weighted by atomic mass is 9.67. The highest BCUT2D eigenvalue weighted by Gasteiger charge is 2.48. The molecule has 5 nitrogen and oxygen atoms in total. The highest BCUT2D eigenvalue weighted by Crippen LogP contribution is 2.46. The second kappa shape index (κ2) is 8.17. The lowest BCUT2D eigenvalue weighted by Gasteiger charge is -2.57. The molecule has 0 unspecified atom stereocenters. The molecule has 0 bridgehead atoms. The molecule has 5 rings (SSSR count). The summed E-state index contributed by atoms with van der Waals surface area (Å²) in [4.78, 5) is 2.57. The third-order valence-electron chi connectivity index (χ3n) is 7.19. The number of aromatic nitrogens is 2.